The van der Waals surface area contributed by atoms with Crippen molar-refractivity contribution in [3.8, 4) is 5.75 Å². The Morgan fingerprint density at radius 2 is 2.00 bits per heavy atom. The summed E-state index contributed by atoms with van der Waals surface area (Å²) in [5, 5.41) is 3.39. The number of aliphatic imine (C=N–C) groups is 1. The third-order valence-electron chi connectivity index (χ3n) is 5.02. The maximum absolute atomic E-state index is 11.9. The number of carbonyl (C=O) groups excluding carboxylic acids is 1. The van der Waals surface area contributed by atoms with Gasteiger partial charge in [0.1, 0.15) is 5.75 Å². The van der Waals surface area contributed by atoms with Crippen LogP contribution in [0.15, 0.2) is 29.3 Å². The third kappa shape index (κ3) is 6.41. The second kappa shape index (κ2) is 10.9. The first-order valence-corrected chi connectivity index (χ1v) is 9.84. The first kappa shape index (κ1) is 22.0. The van der Waals surface area contributed by atoms with Gasteiger partial charge in [-0.05, 0) is 44.1 Å². The lowest BCUT2D eigenvalue weighted by atomic mass is 9.99. The van der Waals surface area contributed by atoms with Crippen molar-refractivity contribution < 1.29 is 14.3 Å². The highest BCUT2D eigenvalue weighted by atomic mass is 16.5. The number of nitrogens with one attached hydrogen (secondary N) is 1. The van der Waals surface area contributed by atoms with E-state index in [-0.39, 0.29) is 17.8 Å². The number of esters is 1. The minimum absolute atomic E-state index is 0.104. The van der Waals surface area contributed by atoms with Gasteiger partial charge in [0.25, 0.3) is 0 Å². The van der Waals surface area contributed by atoms with E-state index < -0.39 is 0 Å². The molecule has 2 rings (SSSR count). The number of rotatable bonds is 8. The van der Waals surface area contributed by atoms with Gasteiger partial charge in [0.15, 0.2) is 5.96 Å². The average molecular weight is 391 g/mol. The average Bonchev–Trinajstić information content (AvgIpc) is 3.07. The second-order valence-corrected chi connectivity index (χ2v) is 7.56. The predicted molar refractivity (Wildman–Crippen MR) is 112 cm³/mol. The molecule has 156 valence electrons. The molecule has 1 saturated heterocycles. The van der Waals surface area contributed by atoms with Gasteiger partial charge in [-0.1, -0.05) is 19.1 Å². The summed E-state index contributed by atoms with van der Waals surface area (Å²) in [4.78, 5) is 20.5. The summed E-state index contributed by atoms with van der Waals surface area (Å²) < 4.78 is 10.7. The molecular formula is C21H34N4O3. The molecule has 0 aliphatic carbocycles. The van der Waals surface area contributed by atoms with E-state index in [9.17, 15) is 4.79 Å². The van der Waals surface area contributed by atoms with Crippen LogP contribution in [-0.2, 0) is 16.1 Å². The van der Waals surface area contributed by atoms with Gasteiger partial charge in [0, 0.05) is 33.2 Å². The summed E-state index contributed by atoms with van der Waals surface area (Å²) in [6, 6.07) is 8.12. The maximum Gasteiger partial charge on any atom is 0.310 e. The Morgan fingerprint density at radius 1 is 1.29 bits per heavy atom. The molecular weight excluding hydrogens is 356 g/mol. The summed E-state index contributed by atoms with van der Waals surface area (Å²) in [6.07, 6.45) is 1.01. The number of methoxy groups -OCH3 is 1. The summed E-state index contributed by atoms with van der Waals surface area (Å²) in [6.45, 7) is 5.91. The highest BCUT2D eigenvalue weighted by Gasteiger charge is 2.36. The quantitative estimate of drug-likeness (QED) is 0.316. The van der Waals surface area contributed by atoms with E-state index >= 15 is 0 Å². The fourth-order valence-electron chi connectivity index (χ4n) is 3.39. The molecule has 2 atom stereocenters. The van der Waals surface area contributed by atoms with Gasteiger partial charge in [-0.25, -0.2) is 0 Å². The normalized spacial score (nSPS) is 19.8. The number of ether oxygens (including phenoxy) is 2. The summed E-state index contributed by atoms with van der Waals surface area (Å²) in [5.74, 6) is 1.69. The standard InChI is InChI=1S/C21H34N4O3/c1-16-14-25(15-19(16)20(26)27-5)21(22-2)23-13-17-7-9-18(10-8-17)28-12-6-11-24(3)4/h7-10,16,19H,6,11-15H2,1-5H3,(H,22,23). The van der Waals surface area contributed by atoms with Crippen LogP contribution in [0.2, 0.25) is 0 Å². The zero-order valence-corrected chi connectivity index (χ0v) is 17.8. The number of benzene rings is 1. The number of guanidine groups is 1. The van der Waals surface area contributed by atoms with E-state index in [1.54, 1.807) is 7.05 Å². The molecule has 7 heteroatoms. The highest BCUT2D eigenvalue weighted by Crippen LogP contribution is 2.24. The summed E-state index contributed by atoms with van der Waals surface area (Å²) >= 11 is 0. The van der Waals surface area contributed by atoms with Crippen LogP contribution in [0, 0.1) is 11.8 Å². The predicted octanol–water partition coefficient (Wildman–Crippen LogP) is 1.83. The fourth-order valence-corrected chi connectivity index (χ4v) is 3.39. The zero-order valence-electron chi connectivity index (χ0n) is 17.8. The SMILES string of the molecule is CN=C(NCc1ccc(OCCCN(C)C)cc1)N1CC(C)C(C(=O)OC)C1. The van der Waals surface area contributed by atoms with Crippen LogP contribution in [0.4, 0.5) is 0 Å². The lowest BCUT2D eigenvalue weighted by molar-refractivity contribution is -0.145. The number of nitrogens with zero attached hydrogens (tertiary/aromatic N) is 3. The smallest absolute Gasteiger partial charge is 0.310 e. The van der Waals surface area contributed by atoms with E-state index in [1.165, 1.54) is 7.11 Å². The number of carbonyl (C=O) groups is 1. The van der Waals surface area contributed by atoms with Crippen LogP contribution in [0.25, 0.3) is 0 Å². The summed E-state index contributed by atoms with van der Waals surface area (Å²) in [7, 11) is 7.34. The minimum atomic E-state index is -0.147. The van der Waals surface area contributed by atoms with Gasteiger partial charge in [-0.2, -0.15) is 0 Å². The Kier molecular flexibility index (Phi) is 8.57. The molecule has 1 fully saturated rings. The van der Waals surface area contributed by atoms with Crippen LogP contribution in [-0.4, -0.2) is 76.2 Å². The lowest BCUT2D eigenvalue weighted by Crippen LogP contribution is -2.40. The van der Waals surface area contributed by atoms with E-state index in [0.29, 0.717) is 13.1 Å². The first-order valence-electron chi connectivity index (χ1n) is 9.84. The number of likely N-dealkylation sites (tertiary alicyclic amines) is 1. The molecule has 0 saturated carbocycles. The van der Waals surface area contributed by atoms with Crippen LogP contribution < -0.4 is 10.1 Å². The van der Waals surface area contributed by atoms with Crippen molar-refractivity contribution in [2.24, 2.45) is 16.8 Å². The summed E-state index contributed by atoms with van der Waals surface area (Å²) in [5.41, 5.74) is 1.15. The molecule has 0 bridgehead atoms. The van der Waals surface area contributed by atoms with Crippen molar-refractivity contribution in [3.05, 3.63) is 29.8 Å². The number of hydrogen-bond acceptors (Lipinski definition) is 5. The van der Waals surface area contributed by atoms with Crippen molar-refractivity contribution >= 4 is 11.9 Å². The van der Waals surface area contributed by atoms with Crippen LogP contribution >= 0.6 is 0 Å². The van der Waals surface area contributed by atoms with Crippen molar-refractivity contribution in [1.29, 1.82) is 0 Å². The highest BCUT2D eigenvalue weighted by molar-refractivity contribution is 5.82. The van der Waals surface area contributed by atoms with Crippen molar-refractivity contribution in [3.63, 3.8) is 0 Å². The van der Waals surface area contributed by atoms with Gasteiger partial charge >= 0.3 is 5.97 Å². The van der Waals surface area contributed by atoms with Crippen molar-refractivity contribution in [1.82, 2.24) is 15.1 Å². The molecule has 1 heterocycles. The van der Waals surface area contributed by atoms with E-state index in [2.05, 4.69) is 53.3 Å². The Labute approximate surface area is 168 Å². The molecule has 0 amide bonds. The molecule has 2 unspecified atom stereocenters. The Morgan fingerprint density at radius 3 is 2.61 bits per heavy atom. The van der Waals surface area contributed by atoms with Gasteiger partial charge in [0.05, 0.1) is 19.6 Å². The van der Waals surface area contributed by atoms with Crippen LogP contribution in [0.5, 0.6) is 5.75 Å². The molecule has 28 heavy (non-hydrogen) atoms. The lowest BCUT2D eigenvalue weighted by Gasteiger charge is -2.21. The van der Waals surface area contributed by atoms with Crippen molar-refractivity contribution in [2.75, 3.05) is 54.5 Å². The van der Waals surface area contributed by atoms with Gasteiger partial charge in [0.2, 0.25) is 0 Å². The monoisotopic (exact) mass is 390 g/mol. The second-order valence-electron chi connectivity index (χ2n) is 7.56. The molecule has 1 aromatic rings. The Balaban J connectivity index is 1.81. The minimum Gasteiger partial charge on any atom is -0.494 e. The van der Waals surface area contributed by atoms with Crippen LogP contribution in [0.1, 0.15) is 18.9 Å². The molecule has 7 nitrogen and oxygen atoms in total. The Bertz CT molecular complexity index is 646. The van der Waals surface area contributed by atoms with Gasteiger partial charge in [-0.3, -0.25) is 9.79 Å². The first-order chi connectivity index (χ1) is 13.4. The van der Waals surface area contributed by atoms with E-state index in [4.69, 9.17) is 9.47 Å². The topological polar surface area (TPSA) is 66.4 Å². The Hall–Kier alpha value is -2.28. The molecule has 1 aliphatic heterocycles. The van der Waals surface area contributed by atoms with E-state index in [1.807, 2.05) is 12.1 Å². The van der Waals surface area contributed by atoms with Gasteiger partial charge < -0.3 is 24.6 Å². The molecule has 0 aromatic heterocycles. The molecule has 1 aliphatic rings. The van der Waals surface area contributed by atoms with Crippen molar-refractivity contribution in [2.45, 2.75) is 19.9 Å². The van der Waals surface area contributed by atoms with Crippen LogP contribution in [0.3, 0.4) is 0 Å². The molecule has 0 spiro atoms. The molecule has 0 radical (unpaired) electrons. The fraction of sp³-hybridized carbons (Fsp3) is 0.619. The molecule has 1 N–H and O–H groups in total. The molecule has 1 aromatic carbocycles. The van der Waals surface area contributed by atoms with E-state index in [0.717, 1.165) is 43.4 Å². The number of hydrogen-bond donors (Lipinski definition) is 1. The third-order valence-corrected chi connectivity index (χ3v) is 5.02. The largest absolute Gasteiger partial charge is 0.494 e. The maximum atomic E-state index is 11.9. The van der Waals surface area contributed by atoms with Gasteiger partial charge in [-0.15, -0.1) is 0 Å². The zero-order chi connectivity index (χ0) is 20.5.